The van der Waals surface area contributed by atoms with Crippen LogP contribution >= 0.6 is 0 Å². The van der Waals surface area contributed by atoms with E-state index in [0.29, 0.717) is 5.70 Å². The second-order valence-corrected chi connectivity index (χ2v) is 9.17. The van der Waals surface area contributed by atoms with Crippen LogP contribution in [0.3, 0.4) is 0 Å². The molecule has 2 N–H and O–H groups in total. The number of allylic oxidation sites excluding steroid dienone is 1. The number of carbonyl (C=O) groups is 1. The maximum Gasteiger partial charge on any atom is 0.159 e. The highest BCUT2D eigenvalue weighted by Crippen LogP contribution is 2.24. The number of hydrogen-bond donors (Lipinski definition) is 2. The zero-order valence-electron chi connectivity index (χ0n) is 24.9. The van der Waals surface area contributed by atoms with Crippen LogP contribution in [0.25, 0.3) is 0 Å². The maximum atomic E-state index is 11.2. The van der Waals surface area contributed by atoms with Crippen LogP contribution in [0, 0.1) is 17.8 Å². The zero-order valence-corrected chi connectivity index (χ0v) is 24.9. The predicted molar refractivity (Wildman–Crippen MR) is 163 cm³/mol. The van der Waals surface area contributed by atoms with Gasteiger partial charge in [0.2, 0.25) is 0 Å². The Bertz CT molecular complexity index is 948. The van der Waals surface area contributed by atoms with E-state index in [1.807, 2.05) is 57.2 Å². The third kappa shape index (κ3) is 17.9. The number of likely N-dealkylation sites (N-methyl/N-ethyl adjacent to an activating group) is 1. The molecule has 1 aliphatic rings. The molecule has 0 spiro atoms. The molecule has 3 heteroatoms. The highest BCUT2D eigenvalue weighted by Gasteiger charge is 2.14. The highest BCUT2D eigenvalue weighted by atomic mass is 16.3. The Balaban J connectivity index is 0. The minimum absolute atomic E-state index is 0.0784. The average molecular weight is 506 g/mol. The van der Waals surface area contributed by atoms with Crippen LogP contribution < -0.4 is 5.32 Å². The minimum Gasteiger partial charge on any atom is -0.390 e. The SMILES string of the molecule is C=C(NC)C(C)(C)O.C=CC.CC.CC1CCC1.CCc1ccc(C#Cc2ccc(C(C)=O)cc2)cc1. The summed E-state index contributed by atoms with van der Waals surface area (Å²) in [6, 6.07) is 15.7. The number of Topliss-reactive ketones (excluding diaryl/α,β-unsaturated/α-hetero) is 1. The van der Waals surface area contributed by atoms with Gasteiger partial charge >= 0.3 is 0 Å². The number of benzene rings is 2. The third-order valence-corrected chi connectivity index (χ3v) is 5.44. The molecule has 0 atom stereocenters. The largest absolute Gasteiger partial charge is 0.390 e. The molecular formula is C34H51NO2. The van der Waals surface area contributed by atoms with Crippen molar-refractivity contribution in [3.05, 3.63) is 95.7 Å². The van der Waals surface area contributed by atoms with E-state index >= 15 is 0 Å². The van der Waals surface area contributed by atoms with E-state index in [1.165, 1.54) is 24.8 Å². The lowest BCUT2D eigenvalue weighted by atomic mass is 9.88. The molecule has 0 unspecified atom stereocenters. The number of ketones is 1. The normalized spacial score (nSPS) is 11.3. The quantitative estimate of drug-likeness (QED) is 0.249. The topological polar surface area (TPSA) is 49.3 Å². The summed E-state index contributed by atoms with van der Waals surface area (Å²) in [5.74, 6) is 7.37. The molecule has 1 saturated carbocycles. The highest BCUT2D eigenvalue weighted by molar-refractivity contribution is 5.94. The van der Waals surface area contributed by atoms with Crippen molar-refractivity contribution >= 4 is 5.78 Å². The Hall–Kier alpha value is -3.09. The van der Waals surface area contributed by atoms with Gasteiger partial charge in [-0.05, 0) is 69.9 Å². The van der Waals surface area contributed by atoms with E-state index in [-0.39, 0.29) is 5.78 Å². The summed E-state index contributed by atoms with van der Waals surface area (Å²) in [6.45, 7) is 22.2. The van der Waals surface area contributed by atoms with Gasteiger partial charge in [-0.15, -0.1) is 6.58 Å². The van der Waals surface area contributed by atoms with Crippen LogP contribution in [-0.4, -0.2) is 23.5 Å². The lowest BCUT2D eigenvalue weighted by Crippen LogP contribution is -2.28. The molecule has 2 aromatic rings. The molecule has 37 heavy (non-hydrogen) atoms. The molecule has 0 saturated heterocycles. The van der Waals surface area contributed by atoms with Gasteiger partial charge in [-0.25, -0.2) is 0 Å². The van der Waals surface area contributed by atoms with Crippen LogP contribution in [0.1, 0.15) is 102 Å². The summed E-state index contributed by atoms with van der Waals surface area (Å²) in [5.41, 5.74) is 3.80. The second-order valence-electron chi connectivity index (χ2n) is 9.17. The van der Waals surface area contributed by atoms with Crippen LogP contribution in [0.15, 0.2) is 73.5 Å². The number of hydrogen-bond acceptors (Lipinski definition) is 3. The van der Waals surface area contributed by atoms with E-state index in [9.17, 15) is 4.79 Å². The minimum atomic E-state index is -0.797. The smallest absolute Gasteiger partial charge is 0.159 e. The maximum absolute atomic E-state index is 11.2. The average Bonchev–Trinajstić information content (AvgIpc) is 2.88. The van der Waals surface area contributed by atoms with Gasteiger partial charge in [0.15, 0.2) is 5.78 Å². The van der Waals surface area contributed by atoms with Crippen molar-refractivity contribution in [2.24, 2.45) is 5.92 Å². The van der Waals surface area contributed by atoms with Crippen molar-refractivity contribution in [3.8, 4) is 11.8 Å². The van der Waals surface area contributed by atoms with Crippen LogP contribution in [-0.2, 0) is 6.42 Å². The third-order valence-electron chi connectivity index (χ3n) is 5.44. The summed E-state index contributed by atoms with van der Waals surface area (Å²) in [5, 5.41) is 11.9. The molecule has 1 aliphatic carbocycles. The summed E-state index contributed by atoms with van der Waals surface area (Å²) in [7, 11) is 1.74. The molecule has 1 fully saturated rings. The second kappa shape index (κ2) is 21.0. The van der Waals surface area contributed by atoms with Crippen molar-refractivity contribution < 1.29 is 9.90 Å². The van der Waals surface area contributed by atoms with Gasteiger partial charge in [0, 0.05) is 29.4 Å². The fourth-order valence-electron chi connectivity index (χ4n) is 2.67. The molecular weight excluding hydrogens is 454 g/mol. The molecule has 0 heterocycles. The first-order chi connectivity index (χ1) is 17.5. The summed E-state index contributed by atoms with van der Waals surface area (Å²) >= 11 is 0. The molecule has 0 amide bonds. The Morgan fingerprint density at radius 3 is 1.65 bits per heavy atom. The number of aryl methyl sites for hydroxylation is 1. The van der Waals surface area contributed by atoms with Gasteiger partial charge in [-0.1, -0.05) is 95.7 Å². The summed E-state index contributed by atoms with van der Waals surface area (Å²) in [4.78, 5) is 11.2. The summed E-state index contributed by atoms with van der Waals surface area (Å²) in [6.07, 6.45) is 7.25. The molecule has 0 radical (unpaired) electrons. The number of rotatable bonds is 4. The fourth-order valence-corrected chi connectivity index (χ4v) is 2.67. The van der Waals surface area contributed by atoms with E-state index in [2.05, 4.69) is 56.3 Å². The predicted octanol–water partition coefficient (Wildman–Crippen LogP) is 8.37. The standard InChI is InChI=1S/C18H16O.C6H13NO.C5H10.C3H6.C2H6/c1-3-15-4-6-16(7-5-15)8-9-17-10-12-18(13-11-17)14(2)19;1-5(7-4)6(2,3)8;1-5-3-2-4-5;1-3-2;1-2/h4-7,10-13H,3H2,1-2H3;7-8H,1H2,2-4H3;5H,2-4H2,1H3;3H,1H2,2H3;1-2H3. The number of nitrogens with one attached hydrogen (secondary N) is 1. The fraction of sp³-hybridized carbons (Fsp3) is 0.441. The van der Waals surface area contributed by atoms with E-state index in [4.69, 9.17) is 5.11 Å². The first kappa shape index (κ1) is 36.1. The van der Waals surface area contributed by atoms with Crippen molar-refractivity contribution in [2.45, 2.75) is 86.7 Å². The Kier molecular flexibility index (Phi) is 20.5. The molecule has 3 nitrogen and oxygen atoms in total. The monoisotopic (exact) mass is 505 g/mol. The van der Waals surface area contributed by atoms with Crippen LogP contribution in [0.4, 0.5) is 0 Å². The van der Waals surface area contributed by atoms with Gasteiger partial charge < -0.3 is 10.4 Å². The van der Waals surface area contributed by atoms with Gasteiger partial charge in [0.05, 0.1) is 5.60 Å². The molecule has 0 aromatic heterocycles. The number of aliphatic hydroxyl groups is 1. The summed E-state index contributed by atoms with van der Waals surface area (Å²) < 4.78 is 0. The Morgan fingerprint density at radius 1 is 1.05 bits per heavy atom. The van der Waals surface area contributed by atoms with Crippen molar-refractivity contribution in [1.82, 2.24) is 5.32 Å². The van der Waals surface area contributed by atoms with Crippen molar-refractivity contribution in [3.63, 3.8) is 0 Å². The van der Waals surface area contributed by atoms with E-state index < -0.39 is 5.60 Å². The zero-order chi connectivity index (χ0) is 28.9. The molecule has 0 aliphatic heterocycles. The lowest BCUT2D eigenvalue weighted by molar-refractivity contribution is 0.101. The van der Waals surface area contributed by atoms with Crippen molar-refractivity contribution in [1.29, 1.82) is 0 Å². The van der Waals surface area contributed by atoms with Crippen LogP contribution in [0.5, 0.6) is 0 Å². The van der Waals surface area contributed by atoms with E-state index in [0.717, 1.165) is 29.0 Å². The van der Waals surface area contributed by atoms with Crippen LogP contribution in [0.2, 0.25) is 0 Å². The Labute approximate surface area is 228 Å². The Morgan fingerprint density at radius 2 is 1.43 bits per heavy atom. The number of carbonyl (C=O) groups excluding carboxylic acids is 1. The van der Waals surface area contributed by atoms with E-state index in [1.54, 1.807) is 33.9 Å². The van der Waals surface area contributed by atoms with Gasteiger partial charge in [0.1, 0.15) is 0 Å². The molecule has 204 valence electrons. The lowest BCUT2D eigenvalue weighted by Gasteiger charge is -2.19. The van der Waals surface area contributed by atoms with Gasteiger partial charge in [-0.2, -0.15) is 0 Å². The van der Waals surface area contributed by atoms with Gasteiger partial charge in [-0.3, -0.25) is 4.79 Å². The van der Waals surface area contributed by atoms with Crippen molar-refractivity contribution in [2.75, 3.05) is 7.05 Å². The molecule has 0 bridgehead atoms. The molecule has 3 rings (SSSR count). The first-order valence-corrected chi connectivity index (χ1v) is 13.4. The molecule has 2 aromatic carbocycles. The van der Waals surface area contributed by atoms with Gasteiger partial charge in [0.25, 0.3) is 0 Å². The first-order valence-electron chi connectivity index (χ1n) is 13.4.